The van der Waals surface area contributed by atoms with E-state index < -0.39 is 0 Å². The standard InChI is InChI=1S/C23H30BrNO4/c1-3-5-6-7-14-29-22-13-8-18(17-21(22)24)23(26)25-19-9-11-20(12-10-19)28-16-15-27-4-2/h8-13,17H,3-7,14-16H2,1-2H3,(H,25,26). The molecule has 158 valence electrons. The third-order valence-electron chi connectivity index (χ3n) is 4.26. The number of carbonyl (C=O) groups excluding carboxylic acids is 1. The van der Waals surface area contributed by atoms with E-state index in [1.165, 1.54) is 19.3 Å². The van der Waals surface area contributed by atoms with Crippen molar-refractivity contribution in [2.75, 3.05) is 31.7 Å². The number of unbranched alkanes of at least 4 members (excludes halogenated alkanes) is 3. The molecule has 2 aromatic carbocycles. The Balaban J connectivity index is 1.84. The summed E-state index contributed by atoms with van der Waals surface area (Å²) in [5, 5.41) is 2.89. The first-order valence-electron chi connectivity index (χ1n) is 10.2. The Hall–Kier alpha value is -2.05. The first-order chi connectivity index (χ1) is 14.1. The van der Waals surface area contributed by atoms with E-state index in [-0.39, 0.29) is 5.91 Å². The lowest BCUT2D eigenvalue weighted by Crippen LogP contribution is -2.12. The van der Waals surface area contributed by atoms with Gasteiger partial charge in [-0.1, -0.05) is 26.2 Å². The normalized spacial score (nSPS) is 10.6. The average Bonchev–Trinajstić information content (AvgIpc) is 2.73. The Bertz CT molecular complexity index is 749. The molecule has 0 spiro atoms. The zero-order valence-corrected chi connectivity index (χ0v) is 18.8. The van der Waals surface area contributed by atoms with Gasteiger partial charge in [0.05, 0.1) is 17.7 Å². The summed E-state index contributed by atoms with van der Waals surface area (Å²) >= 11 is 3.50. The zero-order valence-electron chi connectivity index (χ0n) is 17.2. The molecule has 0 heterocycles. The fourth-order valence-electron chi connectivity index (χ4n) is 2.67. The minimum atomic E-state index is -0.176. The molecule has 0 radical (unpaired) electrons. The van der Waals surface area contributed by atoms with Crippen LogP contribution in [0.15, 0.2) is 46.9 Å². The molecule has 1 amide bonds. The number of hydrogen-bond donors (Lipinski definition) is 1. The van der Waals surface area contributed by atoms with Crippen molar-refractivity contribution < 1.29 is 19.0 Å². The molecule has 2 aromatic rings. The van der Waals surface area contributed by atoms with Gasteiger partial charge in [0.15, 0.2) is 0 Å². The lowest BCUT2D eigenvalue weighted by molar-refractivity contribution is 0.102. The zero-order chi connectivity index (χ0) is 20.9. The van der Waals surface area contributed by atoms with Crippen molar-refractivity contribution in [1.82, 2.24) is 0 Å². The number of halogens is 1. The molecular formula is C23H30BrNO4. The second kappa shape index (κ2) is 13.2. The molecule has 6 heteroatoms. The first kappa shape index (κ1) is 23.2. The topological polar surface area (TPSA) is 56.8 Å². The van der Waals surface area contributed by atoms with Crippen LogP contribution in [0, 0.1) is 0 Å². The maximum atomic E-state index is 12.5. The van der Waals surface area contributed by atoms with Gasteiger partial charge < -0.3 is 19.5 Å². The summed E-state index contributed by atoms with van der Waals surface area (Å²) in [6, 6.07) is 12.7. The summed E-state index contributed by atoms with van der Waals surface area (Å²) in [5.74, 6) is 1.32. The molecule has 1 N–H and O–H groups in total. The van der Waals surface area contributed by atoms with Gasteiger partial charge in [0, 0.05) is 17.9 Å². The number of carbonyl (C=O) groups is 1. The quantitative estimate of drug-likeness (QED) is 0.365. The smallest absolute Gasteiger partial charge is 0.255 e. The van der Waals surface area contributed by atoms with Crippen LogP contribution in [-0.2, 0) is 4.74 Å². The van der Waals surface area contributed by atoms with Crippen LogP contribution >= 0.6 is 15.9 Å². The number of rotatable bonds is 13. The fourth-order valence-corrected chi connectivity index (χ4v) is 3.16. The molecule has 0 aromatic heterocycles. The highest BCUT2D eigenvalue weighted by Crippen LogP contribution is 2.27. The molecule has 0 aliphatic heterocycles. The summed E-state index contributed by atoms with van der Waals surface area (Å²) in [6.45, 7) is 6.56. The van der Waals surface area contributed by atoms with Crippen molar-refractivity contribution in [3.05, 3.63) is 52.5 Å². The Labute approximate surface area is 181 Å². The van der Waals surface area contributed by atoms with Crippen molar-refractivity contribution in [1.29, 1.82) is 0 Å². The van der Waals surface area contributed by atoms with E-state index in [9.17, 15) is 4.79 Å². The Morgan fingerprint density at radius 2 is 1.72 bits per heavy atom. The molecule has 0 unspecified atom stereocenters. The fraction of sp³-hybridized carbons (Fsp3) is 0.435. The summed E-state index contributed by atoms with van der Waals surface area (Å²) in [7, 11) is 0. The van der Waals surface area contributed by atoms with E-state index in [1.54, 1.807) is 12.1 Å². The second-order valence-electron chi connectivity index (χ2n) is 6.58. The molecule has 0 atom stereocenters. The number of anilines is 1. The van der Waals surface area contributed by atoms with Crippen LogP contribution in [0.2, 0.25) is 0 Å². The lowest BCUT2D eigenvalue weighted by atomic mass is 10.2. The molecule has 2 rings (SSSR count). The van der Waals surface area contributed by atoms with Gasteiger partial charge in [-0.3, -0.25) is 4.79 Å². The van der Waals surface area contributed by atoms with Gasteiger partial charge in [0.25, 0.3) is 5.91 Å². The van der Waals surface area contributed by atoms with Crippen LogP contribution in [0.4, 0.5) is 5.69 Å². The summed E-state index contributed by atoms with van der Waals surface area (Å²) in [4.78, 5) is 12.5. The van der Waals surface area contributed by atoms with E-state index in [0.717, 1.165) is 22.4 Å². The van der Waals surface area contributed by atoms with Crippen molar-refractivity contribution >= 4 is 27.5 Å². The lowest BCUT2D eigenvalue weighted by Gasteiger charge is -2.11. The van der Waals surface area contributed by atoms with Gasteiger partial charge in [-0.2, -0.15) is 0 Å². The van der Waals surface area contributed by atoms with E-state index in [2.05, 4.69) is 28.2 Å². The predicted molar refractivity (Wildman–Crippen MR) is 120 cm³/mol. The highest BCUT2D eigenvalue weighted by atomic mass is 79.9. The number of amides is 1. The third kappa shape index (κ3) is 8.46. The second-order valence-corrected chi connectivity index (χ2v) is 7.43. The van der Waals surface area contributed by atoms with E-state index in [0.29, 0.717) is 37.7 Å². The van der Waals surface area contributed by atoms with Crippen molar-refractivity contribution in [3.8, 4) is 11.5 Å². The first-order valence-corrected chi connectivity index (χ1v) is 11.0. The van der Waals surface area contributed by atoms with Gasteiger partial charge >= 0.3 is 0 Å². The van der Waals surface area contributed by atoms with Crippen molar-refractivity contribution in [3.63, 3.8) is 0 Å². The molecule has 29 heavy (non-hydrogen) atoms. The maximum absolute atomic E-state index is 12.5. The highest BCUT2D eigenvalue weighted by Gasteiger charge is 2.10. The van der Waals surface area contributed by atoms with Gasteiger partial charge in [0.1, 0.15) is 18.1 Å². The van der Waals surface area contributed by atoms with E-state index in [1.807, 2.05) is 37.3 Å². The van der Waals surface area contributed by atoms with E-state index >= 15 is 0 Å². The van der Waals surface area contributed by atoms with Crippen LogP contribution in [0.1, 0.15) is 49.9 Å². The van der Waals surface area contributed by atoms with Gasteiger partial charge in [-0.05, 0) is 71.7 Å². The van der Waals surface area contributed by atoms with Crippen LogP contribution in [0.3, 0.4) is 0 Å². The predicted octanol–water partition coefficient (Wildman–Crippen LogP) is 6.08. The number of nitrogens with one attached hydrogen (secondary N) is 1. The number of benzene rings is 2. The van der Waals surface area contributed by atoms with Crippen LogP contribution in [0.25, 0.3) is 0 Å². The van der Waals surface area contributed by atoms with Crippen molar-refractivity contribution in [2.45, 2.75) is 39.5 Å². The number of ether oxygens (including phenoxy) is 3. The molecular weight excluding hydrogens is 434 g/mol. The van der Waals surface area contributed by atoms with E-state index in [4.69, 9.17) is 14.2 Å². The maximum Gasteiger partial charge on any atom is 0.255 e. The third-order valence-corrected chi connectivity index (χ3v) is 4.88. The van der Waals surface area contributed by atoms with Gasteiger partial charge in [-0.25, -0.2) is 0 Å². The molecule has 0 saturated carbocycles. The minimum Gasteiger partial charge on any atom is -0.492 e. The molecule has 5 nitrogen and oxygen atoms in total. The summed E-state index contributed by atoms with van der Waals surface area (Å²) in [6.07, 6.45) is 4.64. The SMILES string of the molecule is CCCCCCOc1ccc(C(=O)Nc2ccc(OCCOCC)cc2)cc1Br. The van der Waals surface area contributed by atoms with Crippen molar-refractivity contribution in [2.24, 2.45) is 0 Å². The molecule has 0 aliphatic carbocycles. The van der Waals surface area contributed by atoms with Gasteiger partial charge in [-0.15, -0.1) is 0 Å². The molecule has 0 saturated heterocycles. The molecule has 0 bridgehead atoms. The number of hydrogen-bond acceptors (Lipinski definition) is 4. The Morgan fingerprint density at radius 1 is 0.931 bits per heavy atom. The van der Waals surface area contributed by atoms with Gasteiger partial charge in [0.2, 0.25) is 0 Å². The molecule has 0 fully saturated rings. The Kier molecular flexibility index (Phi) is 10.6. The Morgan fingerprint density at radius 3 is 2.41 bits per heavy atom. The average molecular weight is 464 g/mol. The highest BCUT2D eigenvalue weighted by molar-refractivity contribution is 9.10. The summed E-state index contributed by atoms with van der Waals surface area (Å²) in [5.41, 5.74) is 1.27. The van der Waals surface area contributed by atoms with Crippen LogP contribution in [0.5, 0.6) is 11.5 Å². The largest absolute Gasteiger partial charge is 0.492 e. The summed E-state index contributed by atoms with van der Waals surface area (Å²) < 4.78 is 17.4. The monoisotopic (exact) mass is 463 g/mol. The molecule has 0 aliphatic rings. The minimum absolute atomic E-state index is 0.176. The van der Waals surface area contributed by atoms with Crippen LogP contribution < -0.4 is 14.8 Å². The van der Waals surface area contributed by atoms with Crippen LogP contribution in [-0.4, -0.2) is 32.3 Å².